The first-order chi connectivity index (χ1) is 13.7. The molecule has 1 amide bonds. The third kappa shape index (κ3) is 3.27. The second-order valence-corrected chi connectivity index (χ2v) is 6.37. The molecule has 0 aliphatic heterocycles. The van der Waals surface area contributed by atoms with Gasteiger partial charge in [-0.15, -0.1) is 0 Å². The SMILES string of the molecule is COc1cccc(C=Cc2n[nH]c3ccccc23)c1NC(=O)c1cccn1C. The van der Waals surface area contributed by atoms with Gasteiger partial charge in [-0.05, 0) is 30.3 Å². The first-order valence-corrected chi connectivity index (χ1v) is 8.88. The summed E-state index contributed by atoms with van der Waals surface area (Å²) in [5, 5.41) is 11.4. The van der Waals surface area contributed by atoms with E-state index in [0.717, 1.165) is 22.2 Å². The average molecular weight is 372 g/mol. The molecule has 4 aromatic rings. The molecule has 140 valence electrons. The lowest BCUT2D eigenvalue weighted by atomic mass is 10.1. The molecule has 0 unspecified atom stereocenters. The highest BCUT2D eigenvalue weighted by Gasteiger charge is 2.14. The Balaban J connectivity index is 1.69. The number of aromatic amines is 1. The summed E-state index contributed by atoms with van der Waals surface area (Å²) in [6.45, 7) is 0. The molecule has 2 heterocycles. The lowest BCUT2D eigenvalue weighted by Gasteiger charge is -2.13. The van der Waals surface area contributed by atoms with Crippen LogP contribution >= 0.6 is 0 Å². The Hall–Kier alpha value is -3.80. The number of anilines is 1. The van der Waals surface area contributed by atoms with Crippen LogP contribution in [0.2, 0.25) is 0 Å². The number of benzene rings is 2. The van der Waals surface area contributed by atoms with Gasteiger partial charge in [0.25, 0.3) is 5.91 Å². The fourth-order valence-electron chi connectivity index (χ4n) is 3.15. The van der Waals surface area contributed by atoms with Gasteiger partial charge in [-0.2, -0.15) is 5.10 Å². The van der Waals surface area contributed by atoms with Crippen LogP contribution in [0, 0.1) is 0 Å². The molecule has 2 aromatic heterocycles. The van der Waals surface area contributed by atoms with Crippen molar-refractivity contribution in [2.24, 2.45) is 7.05 Å². The molecule has 6 nitrogen and oxygen atoms in total. The van der Waals surface area contributed by atoms with E-state index < -0.39 is 0 Å². The maximum Gasteiger partial charge on any atom is 0.272 e. The van der Waals surface area contributed by atoms with E-state index in [9.17, 15) is 4.79 Å². The molecule has 0 radical (unpaired) electrons. The number of aryl methyl sites for hydroxylation is 1. The van der Waals surface area contributed by atoms with Crippen molar-refractivity contribution in [1.29, 1.82) is 0 Å². The normalized spacial score (nSPS) is 11.2. The predicted molar refractivity (Wildman–Crippen MR) is 111 cm³/mol. The minimum Gasteiger partial charge on any atom is -0.495 e. The van der Waals surface area contributed by atoms with E-state index in [2.05, 4.69) is 15.5 Å². The molecule has 2 aromatic carbocycles. The summed E-state index contributed by atoms with van der Waals surface area (Å²) in [4.78, 5) is 12.7. The van der Waals surface area contributed by atoms with Gasteiger partial charge >= 0.3 is 0 Å². The molecule has 28 heavy (non-hydrogen) atoms. The van der Waals surface area contributed by atoms with Crippen LogP contribution in [-0.4, -0.2) is 27.8 Å². The molecular formula is C22H20N4O2. The minimum atomic E-state index is -0.197. The van der Waals surface area contributed by atoms with Crippen molar-refractivity contribution < 1.29 is 9.53 Å². The Labute approximate surface area is 162 Å². The van der Waals surface area contributed by atoms with Gasteiger partial charge in [0, 0.05) is 24.2 Å². The van der Waals surface area contributed by atoms with Crippen LogP contribution in [0.15, 0.2) is 60.8 Å². The molecule has 0 saturated heterocycles. The highest BCUT2D eigenvalue weighted by atomic mass is 16.5. The van der Waals surface area contributed by atoms with Gasteiger partial charge in [0.15, 0.2) is 0 Å². The highest BCUT2D eigenvalue weighted by molar-refractivity contribution is 6.05. The number of carbonyl (C=O) groups excluding carboxylic acids is 1. The summed E-state index contributed by atoms with van der Waals surface area (Å²) in [7, 11) is 3.42. The van der Waals surface area contributed by atoms with Crippen LogP contribution in [0.5, 0.6) is 5.75 Å². The first kappa shape index (κ1) is 17.6. The second kappa shape index (κ2) is 7.44. The number of hydrogen-bond acceptors (Lipinski definition) is 3. The zero-order valence-electron chi connectivity index (χ0n) is 15.6. The molecule has 0 bridgehead atoms. The predicted octanol–water partition coefficient (Wildman–Crippen LogP) is 4.33. The maximum absolute atomic E-state index is 12.7. The third-order valence-corrected chi connectivity index (χ3v) is 4.61. The number of methoxy groups -OCH3 is 1. The van der Waals surface area contributed by atoms with Gasteiger partial charge in [0.2, 0.25) is 0 Å². The largest absolute Gasteiger partial charge is 0.495 e. The number of carbonyl (C=O) groups is 1. The van der Waals surface area contributed by atoms with E-state index in [1.807, 2.05) is 73.9 Å². The number of nitrogens with one attached hydrogen (secondary N) is 2. The standard InChI is InChI=1S/C22H20N4O2/c1-26-14-6-10-19(26)22(27)23-21-15(7-5-11-20(21)28-2)12-13-18-16-8-3-4-9-17(16)24-25-18/h3-14H,1-2H3,(H,23,27)(H,24,25). The van der Waals surface area contributed by atoms with Crippen molar-refractivity contribution in [1.82, 2.24) is 14.8 Å². The summed E-state index contributed by atoms with van der Waals surface area (Å²) in [6.07, 6.45) is 5.68. The van der Waals surface area contributed by atoms with Gasteiger partial charge in [-0.3, -0.25) is 9.89 Å². The van der Waals surface area contributed by atoms with Crippen molar-refractivity contribution in [3.63, 3.8) is 0 Å². The minimum absolute atomic E-state index is 0.197. The van der Waals surface area contributed by atoms with E-state index >= 15 is 0 Å². The van der Waals surface area contributed by atoms with Gasteiger partial charge in [-0.25, -0.2) is 0 Å². The van der Waals surface area contributed by atoms with Crippen molar-refractivity contribution >= 4 is 34.6 Å². The molecule has 2 N–H and O–H groups in total. The number of hydrogen-bond donors (Lipinski definition) is 2. The Morgan fingerprint density at radius 2 is 1.96 bits per heavy atom. The second-order valence-electron chi connectivity index (χ2n) is 6.37. The summed E-state index contributed by atoms with van der Waals surface area (Å²) in [5.41, 5.74) is 3.82. The van der Waals surface area contributed by atoms with Crippen LogP contribution in [0.3, 0.4) is 0 Å². The van der Waals surface area contributed by atoms with Gasteiger partial charge in [-0.1, -0.05) is 36.4 Å². The molecule has 0 saturated carbocycles. The lowest BCUT2D eigenvalue weighted by Crippen LogP contribution is -2.16. The zero-order valence-corrected chi connectivity index (χ0v) is 15.6. The topological polar surface area (TPSA) is 71.9 Å². The van der Waals surface area contributed by atoms with Gasteiger partial charge < -0.3 is 14.6 Å². The number of H-pyrrole nitrogens is 1. The fraction of sp³-hybridized carbons (Fsp3) is 0.0909. The molecule has 0 aliphatic rings. The Morgan fingerprint density at radius 3 is 2.75 bits per heavy atom. The van der Waals surface area contributed by atoms with E-state index in [-0.39, 0.29) is 5.91 Å². The fourth-order valence-corrected chi connectivity index (χ4v) is 3.15. The van der Waals surface area contributed by atoms with Crippen LogP contribution in [0.1, 0.15) is 21.7 Å². The monoisotopic (exact) mass is 372 g/mol. The van der Waals surface area contributed by atoms with Crippen LogP contribution in [0.25, 0.3) is 23.1 Å². The van der Waals surface area contributed by atoms with Crippen molar-refractivity contribution in [3.05, 3.63) is 77.7 Å². The smallest absolute Gasteiger partial charge is 0.272 e. The van der Waals surface area contributed by atoms with E-state index in [1.54, 1.807) is 17.7 Å². The van der Waals surface area contributed by atoms with Gasteiger partial charge in [0.05, 0.1) is 24.0 Å². The molecule has 0 spiro atoms. The molecule has 6 heteroatoms. The number of rotatable bonds is 5. The maximum atomic E-state index is 12.7. The summed E-state index contributed by atoms with van der Waals surface area (Å²) < 4.78 is 7.24. The first-order valence-electron chi connectivity index (χ1n) is 8.88. The zero-order chi connectivity index (χ0) is 19.5. The van der Waals surface area contributed by atoms with Gasteiger partial charge in [0.1, 0.15) is 11.4 Å². The number of para-hydroxylation sites is 2. The molecule has 0 fully saturated rings. The van der Waals surface area contributed by atoms with Crippen LogP contribution in [0.4, 0.5) is 5.69 Å². The summed E-state index contributed by atoms with van der Waals surface area (Å²) in [6, 6.07) is 17.2. The van der Waals surface area contributed by atoms with Crippen molar-refractivity contribution in [3.8, 4) is 5.75 Å². The molecule has 0 aliphatic carbocycles. The van der Waals surface area contributed by atoms with Crippen LogP contribution in [-0.2, 0) is 7.05 Å². The average Bonchev–Trinajstić information content (AvgIpc) is 3.33. The van der Waals surface area contributed by atoms with Crippen LogP contribution < -0.4 is 10.1 Å². The summed E-state index contributed by atoms with van der Waals surface area (Å²) >= 11 is 0. The molecule has 4 rings (SSSR count). The number of nitrogens with zero attached hydrogens (tertiary/aromatic N) is 2. The quantitative estimate of drug-likeness (QED) is 0.548. The summed E-state index contributed by atoms with van der Waals surface area (Å²) in [5.74, 6) is 0.397. The Kier molecular flexibility index (Phi) is 4.68. The Bertz CT molecular complexity index is 1170. The highest BCUT2D eigenvalue weighted by Crippen LogP contribution is 2.30. The number of ether oxygens (including phenoxy) is 1. The number of fused-ring (bicyclic) bond motifs is 1. The molecular weight excluding hydrogens is 352 g/mol. The van der Waals surface area contributed by atoms with Crippen molar-refractivity contribution in [2.45, 2.75) is 0 Å². The number of aromatic nitrogens is 3. The van der Waals surface area contributed by atoms with E-state index in [4.69, 9.17) is 4.74 Å². The Morgan fingerprint density at radius 1 is 1.11 bits per heavy atom. The van der Waals surface area contributed by atoms with E-state index in [0.29, 0.717) is 17.1 Å². The van der Waals surface area contributed by atoms with Crippen molar-refractivity contribution in [2.75, 3.05) is 12.4 Å². The number of amides is 1. The lowest BCUT2D eigenvalue weighted by molar-refractivity contribution is 0.101. The molecule has 0 atom stereocenters. The third-order valence-electron chi connectivity index (χ3n) is 4.61. The van der Waals surface area contributed by atoms with E-state index in [1.165, 1.54) is 0 Å².